The fourth-order valence-corrected chi connectivity index (χ4v) is 5.06. The Hall–Kier alpha value is -1.57. The molecule has 122 valence electrons. The van der Waals surface area contributed by atoms with Crippen LogP contribution in [-0.4, -0.2) is 45.0 Å². The first kappa shape index (κ1) is 14.7. The van der Waals surface area contributed by atoms with Gasteiger partial charge in [0.25, 0.3) is 0 Å². The number of fused-ring (bicyclic) bond motifs is 3. The van der Waals surface area contributed by atoms with Crippen molar-refractivity contribution in [3.63, 3.8) is 0 Å². The van der Waals surface area contributed by atoms with Crippen LogP contribution in [0, 0.1) is 0 Å². The molecule has 0 amide bonds. The molecule has 24 heavy (non-hydrogen) atoms. The molecule has 0 radical (unpaired) electrons. The second-order valence-electron chi connectivity index (χ2n) is 6.45. The van der Waals surface area contributed by atoms with Gasteiger partial charge < -0.3 is 4.90 Å². The highest BCUT2D eigenvalue weighted by atomic mass is 79.9. The van der Waals surface area contributed by atoms with Gasteiger partial charge in [0.15, 0.2) is 5.13 Å². The molecule has 3 saturated heterocycles. The Morgan fingerprint density at radius 1 is 1.17 bits per heavy atom. The van der Waals surface area contributed by atoms with Gasteiger partial charge in [-0.25, -0.2) is 4.98 Å². The molecule has 0 aromatic carbocycles. The van der Waals surface area contributed by atoms with Crippen LogP contribution in [0.3, 0.4) is 0 Å². The second kappa shape index (κ2) is 5.75. The molecule has 0 spiro atoms. The Morgan fingerprint density at radius 2 is 2.04 bits per heavy atom. The van der Waals surface area contributed by atoms with Gasteiger partial charge in [-0.2, -0.15) is 0 Å². The summed E-state index contributed by atoms with van der Waals surface area (Å²) in [7, 11) is 0. The fraction of sp³-hybridized carbons (Fsp3) is 0.353. The van der Waals surface area contributed by atoms with Crippen LogP contribution in [0.15, 0.2) is 41.3 Å². The van der Waals surface area contributed by atoms with Crippen molar-refractivity contribution in [2.45, 2.75) is 25.0 Å². The van der Waals surface area contributed by atoms with Crippen molar-refractivity contribution in [3.05, 3.63) is 47.0 Å². The van der Waals surface area contributed by atoms with E-state index in [1.54, 1.807) is 11.3 Å². The van der Waals surface area contributed by atoms with E-state index in [0.29, 0.717) is 12.1 Å². The van der Waals surface area contributed by atoms with Gasteiger partial charge in [0.05, 0.1) is 16.6 Å². The molecule has 3 aromatic heterocycles. The standard InChI is InChI=1S/C17H16BrN5S/c18-11-1-2-12(20-6-11)8-22-9-13-5-14(10-22)23(13)17-21-15-7-19-4-3-16(15)24-17/h1-4,6-7,13-14H,5,8-10H2. The molecule has 6 rings (SSSR count). The first-order valence-electron chi connectivity index (χ1n) is 8.08. The number of anilines is 1. The largest absolute Gasteiger partial charge is 0.339 e. The molecule has 2 unspecified atom stereocenters. The van der Waals surface area contributed by atoms with Gasteiger partial charge >= 0.3 is 0 Å². The summed E-state index contributed by atoms with van der Waals surface area (Å²) in [4.78, 5) is 18.5. The van der Waals surface area contributed by atoms with Gasteiger partial charge in [-0.1, -0.05) is 11.3 Å². The van der Waals surface area contributed by atoms with Crippen LogP contribution in [0.2, 0.25) is 0 Å². The maximum Gasteiger partial charge on any atom is 0.187 e. The third-order valence-electron chi connectivity index (χ3n) is 4.84. The smallest absolute Gasteiger partial charge is 0.187 e. The zero-order valence-electron chi connectivity index (χ0n) is 13.0. The molecule has 3 aliphatic rings. The van der Waals surface area contributed by atoms with Gasteiger partial charge in [-0.3, -0.25) is 14.9 Å². The van der Waals surface area contributed by atoms with Crippen molar-refractivity contribution in [2.24, 2.45) is 0 Å². The lowest BCUT2D eigenvalue weighted by molar-refractivity contribution is 0.107. The predicted molar refractivity (Wildman–Crippen MR) is 99.3 cm³/mol. The highest BCUT2D eigenvalue weighted by Crippen LogP contribution is 2.40. The van der Waals surface area contributed by atoms with Crippen molar-refractivity contribution < 1.29 is 0 Å². The number of rotatable bonds is 3. The number of nitrogens with zero attached hydrogens (tertiary/aromatic N) is 5. The monoisotopic (exact) mass is 401 g/mol. The minimum atomic E-state index is 0.577. The number of thiazole rings is 1. The summed E-state index contributed by atoms with van der Waals surface area (Å²) in [5.74, 6) is 0. The van der Waals surface area contributed by atoms with Crippen LogP contribution in [0.5, 0.6) is 0 Å². The van der Waals surface area contributed by atoms with E-state index >= 15 is 0 Å². The number of hydrogen-bond acceptors (Lipinski definition) is 6. The molecule has 3 aliphatic heterocycles. The summed E-state index contributed by atoms with van der Waals surface area (Å²) in [6.07, 6.45) is 6.85. The average molecular weight is 402 g/mol. The van der Waals surface area contributed by atoms with Gasteiger partial charge in [-0.05, 0) is 40.5 Å². The molecule has 3 aromatic rings. The first-order valence-corrected chi connectivity index (χ1v) is 9.69. The highest BCUT2D eigenvalue weighted by molar-refractivity contribution is 9.10. The Kier molecular flexibility index (Phi) is 3.53. The Morgan fingerprint density at radius 3 is 2.79 bits per heavy atom. The van der Waals surface area contributed by atoms with E-state index in [0.717, 1.165) is 40.4 Å². The lowest BCUT2D eigenvalue weighted by Gasteiger charge is -2.56. The Bertz CT molecular complexity index is 835. The molecule has 0 saturated carbocycles. The molecular weight excluding hydrogens is 386 g/mol. The quantitative estimate of drug-likeness (QED) is 0.673. The number of aromatic nitrogens is 3. The molecule has 7 heteroatoms. The topological polar surface area (TPSA) is 45.2 Å². The number of halogens is 1. The van der Waals surface area contributed by atoms with Crippen molar-refractivity contribution in [1.29, 1.82) is 0 Å². The maximum absolute atomic E-state index is 4.78. The second-order valence-corrected chi connectivity index (χ2v) is 8.38. The van der Waals surface area contributed by atoms with E-state index < -0.39 is 0 Å². The van der Waals surface area contributed by atoms with Crippen LogP contribution in [-0.2, 0) is 6.54 Å². The predicted octanol–water partition coefficient (Wildman–Crippen LogP) is 3.31. The van der Waals surface area contributed by atoms with Crippen molar-refractivity contribution >= 4 is 42.6 Å². The summed E-state index contributed by atoms with van der Waals surface area (Å²) in [6.45, 7) is 3.10. The van der Waals surface area contributed by atoms with Gasteiger partial charge in [0, 0.05) is 48.6 Å². The average Bonchev–Trinajstić information content (AvgIpc) is 3.00. The molecule has 3 fully saturated rings. The summed E-state index contributed by atoms with van der Waals surface area (Å²) in [5, 5.41) is 1.15. The number of hydrogen-bond donors (Lipinski definition) is 0. The van der Waals surface area contributed by atoms with Crippen LogP contribution in [0.25, 0.3) is 10.2 Å². The zero-order chi connectivity index (χ0) is 16.1. The van der Waals surface area contributed by atoms with E-state index in [1.807, 2.05) is 18.6 Å². The van der Waals surface area contributed by atoms with Crippen molar-refractivity contribution in [2.75, 3.05) is 18.0 Å². The Labute approximate surface area is 152 Å². The number of piperidine rings is 1. The highest BCUT2D eigenvalue weighted by Gasteiger charge is 2.45. The summed E-state index contributed by atoms with van der Waals surface area (Å²) in [6, 6.07) is 7.37. The molecule has 0 aliphatic carbocycles. The lowest BCUT2D eigenvalue weighted by atomic mass is 9.88. The van der Waals surface area contributed by atoms with Gasteiger partial charge in [-0.15, -0.1) is 0 Å². The van der Waals surface area contributed by atoms with Gasteiger partial charge in [0.2, 0.25) is 0 Å². The maximum atomic E-state index is 4.78. The minimum Gasteiger partial charge on any atom is -0.339 e. The normalized spacial score (nSPS) is 23.5. The van der Waals surface area contributed by atoms with Crippen molar-refractivity contribution in [1.82, 2.24) is 19.9 Å². The third-order valence-corrected chi connectivity index (χ3v) is 6.36. The van der Waals surface area contributed by atoms with E-state index in [9.17, 15) is 0 Å². The van der Waals surface area contributed by atoms with E-state index in [2.05, 4.69) is 53.9 Å². The summed E-state index contributed by atoms with van der Waals surface area (Å²) >= 11 is 5.23. The molecule has 2 bridgehead atoms. The van der Waals surface area contributed by atoms with E-state index in [4.69, 9.17) is 4.98 Å². The molecule has 0 N–H and O–H groups in total. The molecule has 2 atom stereocenters. The number of piperazine rings is 1. The molecule has 5 nitrogen and oxygen atoms in total. The molecular formula is C17H16BrN5S. The Balaban J connectivity index is 1.31. The fourth-order valence-electron chi connectivity index (χ4n) is 3.75. The van der Waals surface area contributed by atoms with Gasteiger partial charge in [0.1, 0.15) is 5.52 Å². The number of pyridine rings is 2. The van der Waals surface area contributed by atoms with Crippen molar-refractivity contribution in [3.8, 4) is 0 Å². The van der Waals surface area contributed by atoms with E-state index in [1.165, 1.54) is 11.1 Å². The molecule has 6 heterocycles. The first-order chi connectivity index (χ1) is 11.8. The van der Waals surface area contributed by atoms with Crippen LogP contribution in [0.1, 0.15) is 12.1 Å². The van der Waals surface area contributed by atoms with E-state index in [-0.39, 0.29) is 0 Å². The third kappa shape index (κ3) is 2.51. The van der Waals surface area contributed by atoms with Crippen LogP contribution < -0.4 is 4.90 Å². The zero-order valence-corrected chi connectivity index (χ0v) is 15.4. The van der Waals surface area contributed by atoms with Crippen LogP contribution >= 0.6 is 27.3 Å². The summed E-state index contributed by atoms with van der Waals surface area (Å²) in [5.41, 5.74) is 2.15. The van der Waals surface area contributed by atoms with Crippen LogP contribution in [0.4, 0.5) is 5.13 Å². The minimum absolute atomic E-state index is 0.577. The lowest BCUT2D eigenvalue weighted by Crippen LogP contribution is -2.68. The SMILES string of the molecule is Brc1ccc(CN2CC3CC(C2)N3c2nc3cnccc3s2)nc1. The summed E-state index contributed by atoms with van der Waals surface area (Å²) < 4.78 is 2.25.